The molecule has 0 amide bonds. The van der Waals surface area contributed by atoms with Gasteiger partial charge in [0.1, 0.15) is 5.68 Å². The van der Waals surface area contributed by atoms with Crippen molar-refractivity contribution in [3.63, 3.8) is 0 Å². The van der Waals surface area contributed by atoms with Crippen molar-refractivity contribution in [3.05, 3.63) is 54.1 Å². The Hall–Kier alpha value is -2.64. The predicted molar refractivity (Wildman–Crippen MR) is 84.8 cm³/mol. The Kier molecular flexibility index (Phi) is 4.83. The van der Waals surface area contributed by atoms with Crippen LogP contribution in [0.4, 0.5) is 30.0 Å². The van der Waals surface area contributed by atoms with Crippen molar-refractivity contribution in [2.24, 2.45) is 10.2 Å². The summed E-state index contributed by atoms with van der Waals surface area (Å²) in [4.78, 5) is 13.0. The van der Waals surface area contributed by atoms with Crippen molar-refractivity contribution in [1.29, 1.82) is 0 Å². The Morgan fingerprint density at radius 3 is 1.70 bits per heavy atom. The van der Waals surface area contributed by atoms with Gasteiger partial charge in [0, 0.05) is 19.8 Å². The van der Waals surface area contributed by atoms with Gasteiger partial charge in [-0.15, -0.1) is 0 Å². The molecule has 0 aromatic heterocycles. The zero-order valence-electron chi connectivity index (χ0n) is 12.6. The molecule has 0 fully saturated rings. The van der Waals surface area contributed by atoms with E-state index in [2.05, 4.69) is 10.2 Å². The summed E-state index contributed by atoms with van der Waals surface area (Å²) in [5.74, 6) is 0. The van der Waals surface area contributed by atoms with E-state index in [1.807, 2.05) is 31.1 Å². The molecule has 0 N–H and O–H groups in total. The van der Waals surface area contributed by atoms with Crippen LogP contribution >= 0.6 is 0 Å². The number of carbonyl (C=O) groups excluding carboxylic acids is 1. The monoisotopic (exact) mass is 320 g/mol. The van der Waals surface area contributed by atoms with Crippen LogP contribution in [0.15, 0.2) is 58.8 Å². The molecule has 0 atom stereocenters. The van der Waals surface area contributed by atoms with Gasteiger partial charge in [-0.05, 0) is 42.0 Å². The highest BCUT2D eigenvalue weighted by Gasteiger charge is 2.33. The van der Waals surface area contributed by atoms with Crippen LogP contribution in [0, 0.1) is 0 Å². The zero-order valence-corrected chi connectivity index (χ0v) is 12.6. The fraction of sp³-hybridized carbons (Fsp3) is 0.133. The maximum atomic E-state index is 12.4. The van der Waals surface area contributed by atoms with Gasteiger partial charge in [-0.3, -0.25) is 0 Å². The minimum atomic E-state index is -5.52. The molecule has 120 valence electrons. The Balaban J connectivity index is 2.10. The van der Waals surface area contributed by atoms with Crippen LogP contribution in [0.5, 0.6) is 0 Å². The number of halogens is 3. The molecule has 23 heavy (non-hydrogen) atoms. The topological polar surface area (TPSA) is 45.0 Å². The standard InChI is InChI=1S/C15H14BF3N3O/c1-22(2)14-9-7-13(8-10-14)21-20-12-5-3-11(4-6-12)15(23)16(17,18)19/h3-10H,1-2H3/q-1. The lowest BCUT2D eigenvalue weighted by Crippen LogP contribution is -2.29. The Bertz CT molecular complexity index is 710. The van der Waals surface area contributed by atoms with Crippen LogP contribution in [0.3, 0.4) is 0 Å². The number of azo groups is 1. The summed E-state index contributed by atoms with van der Waals surface area (Å²) in [6.45, 7) is -5.52. The van der Waals surface area contributed by atoms with E-state index in [1.54, 1.807) is 12.1 Å². The SMILES string of the molecule is CN(C)c1ccc(N=Nc2ccc(C(=O)[B-](F)(F)F)cc2)cc1. The van der Waals surface area contributed by atoms with Gasteiger partial charge in [0.05, 0.1) is 11.4 Å². The van der Waals surface area contributed by atoms with Gasteiger partial charge < -0.3 is 22.6 Å². The molecule has 0 aliphatic carbocycles. The third-order valence-corrected chi connectivity index (χ3v) is 3.10. The highest BCUT2D eigenvalue weighted by Crippen LogP contribution is 2.23. The third-order valence-electron chi connectivity index (χ3n) is 3.10. The van der Waals surface area contributed by atoms with Crippen molar-refractivity contribution in [2.75, 3.05) is 19.0 Å². The minimum absolute atomic E-state index is 0.368. The normalized spacial score (nSPS) is 11.7. The fourth-order valence-corrected chi connectivity index (χ4v) is 1.81. The van der Waals surface area contributed by atoms with Crippen molar-refractivity contribution in [1.82, 2.24) is 0 Å². The number of hydrogen-bond acceptors (Lipinski definition) is 4. The molecule has 0 aliphatic rings. The smallest absolute Gasteiger partial charge is 0.443 e. The summed E-state index contributed by atoms with van der Waals surface area (Å²) in [6, 6.07) is 12.2. The molecule has 2 aromatic carbocycles. The molecule has 0 radical (unpaired) electrons. The number of benzene rings is 2. The maximum absolute atomic E-state index is 12.4. The summed E-state index contributed by atoms with van der Waals surface area (Å²) >= 11 is 0. The van der Waals surface area contributed by atoms with Crippen LogP contribution in [-0.4, -0.2) is 26.8 Å². The van der Waals surface area contributed by atoms with Crippen LogP contribution in [0.2, 0.25) is 0 Å². The van der Waals surface area contributed by atoms with Gasteiger partial charge >= 0.3 is 6.98 Å². The zero-order chi connectivity index (χ0) is 17.0. The second kappa shape index (κ2) is 6.64. The fourth-order valence-electron chi connectivity index (χ4n) is 1.81. The van der Waals surface area contributed by atoms with Crippen LogP contribution < -0.4 is 4.90 Å². The van der Waals surface area contributed by atoms with E-state index in [0.29, 0.717) is 11.4 Å². The van der Waals surface area contributed by atoms with Gasteiger partial charge in [0.2, 0.25) is 0 Å². The quantitative estimate of drug-likeness (QED) is 0.590. The van der Waals surface area contributed by atoms with Gasteiger partial charge in [0.15, 0.2) is 0 Å². The van der Waals surface area contributed by atoms with Crippen molar-refractivity contribution < 1.29 is 17.7 Å². The predicted octanol–water partition coefficient (Wildman–Crippen LogP) is 4.74. The number of hydrogen-bond donors (Lipinski definition) is 0. The van der Waals surface area contributed by atoms with E-state index in [0.717, 1.165) is 17.8 Å². The second-order valence-electron chi connectivity index (χ2n) is 5.10. The molecular formula is C15H14BF3N3O-. The number of anilines is 1. The molecule has 0 bridgehead atoms. The summed E-state index contributed by atoms with van der Waals surface area (Å²) in [5.41, 5.74) is -0.206. The van der Waals surface area contributed by atoms with Gasteiger partial charge in [-0.2, -0.15) is 10.2 Å². The van der Waals surface area contributed by atoms with Crippen molar-refractivity contribution in [3.8, 4) is 0 Å². The second-order valence-corrected chi connectivity index (χ2v) is 5.10. The first-order valence-electron chi connectivity index (χ1n) is 6.81. The average molecular weight is 320 g/mol. The molecule has 2 aromatic rings. The molecule has 0 heterocycles. The lowest BCUT2D eigenvalue weighted by molar-refractivity contribution is 0.102. The largest absolute Gasteiger partial charge is 0.549 e. The lowest BCUT2D eigenvalue weighted by atomic mass is 9.80. The first kappa shape index (κ1) is 16.7. The van der Waals surface area contributed by atoms with Gasteiger partial charge in [0.25, 0.3) is 0 Å². The van der Waals surface area contributed by atoms with E-state index in [1.165, 1.54) is 12.1 Å². The Morgan fingerprint density at radius 1 is 0.870 bits per heavy atom. The van der Waals surface area contributed by atoms with Crippen LogP contribution in [0.1, 0.15) is 10.4 Å². The highest BCUT2D eigenvalue weighted by molar-refractivity contribution is 6.93. The van der Waals surface area contributed by atoms with Crippen LogP contribution in [-0.2, 0) is 0 Å². The van der Waals surface area contributed by atoms with Crippen molar-refractivity contribution in [2.45, 2.75) is 0 Å². The summed E-state index contributed by atoms with van der Waals surface area (Å²) in [7, 11) is 3.84. The molecule has 2 rings (SSSR count). The number of rotatable bonds is 5. The van der Waals surface area contributed by atoms with E-state index in [4.69, 9.17) is 0 Å². The van der Waals surface area contributed by atoms with Gasteiger partial charge in [-0.25, -0.2) is 0 Å². The van der Waals surface area contributed by atoms with E-state index >= 15 is 0 Å². The lowest BCUT2D eigenvalue weighted by Gasteiger charge is -2.12. The highest BCUT2D eigenvalue weighted by atomic mass is 19.4. The molecule has 0 saturated carbocycles. The van der Waals surface area contributed by atoms with E-state index < -0.39 is 18.2 Å². The van der Waals surface area contributed by atoms with E-state index in [-0.39, 0.29) is 0 Å². The maximum Gasteiger partial charge on any atom is 0.549 e. The first-order chi connectivity index (χ1) is 10.8. The molecule has 8 heteroatoms. The minimum Gasteiger partial charge on any atom is -0.443 e. The third kappa shape index (κ3) is 4.42. The van der Waals surface area contributed by atoms with E-state index in [9.17, 15) is 17.7 Å². The first-order valence-corrected chi connectivity index (χ1v) is 6.81. The molecule has 4 nitrogen and oxygen atoms in total. The summed E-state index contributed by atoms with van der Waals surface area (Å²) in [5, 5.41) is 7.94. The molecule has 0 saturated heterocycles. The Labute approximate surface area is 131 Å². The summed E-state index contributed by atoms with van der Waals surface area (Å²) in [6.07, 6.45) is 0. The Morgan fingerprint density at radius 2 is 1.30 bits per heavy atom. The average Bonchev–Trinajstić information content (AvgIpc) is 2.52. The van der Waals surface area contributed by atoms with Gasteiger partial charge in [-0.1, -0.05) is 12.1 Å². The number of nitrogens with zero attached hydrogens (tertiary/aromatic N) is 3. The summed E-state index contributed by atoms with van der Waals surface area (Å²) < 4.78 is 37.1. The molecule has 0 unspecified atom stereocenters. The molecule has 0 spiro atoms. The van der Waals surface area contributed by atoms with Crippen LogP contribution in [0.25, 0.3) is 0 Å². The number of carbonyl (C=O) groups is 1. The van der Waals surface area contributed by atoms with Crippen molar-refractivity contribution >= 4 is 29.7 Å². The molecular weight excluding hydrogens is 306 g/mol. The molecule has 0 aliphatic heterocycles.